The highest BCUT2D eigenvalue weighted by Gasteiger charge is 2.46. The molecule has 0 aliphatic carbocycles. The van der Waals surface area contributed by atoms with Gasteiger partial charge >= 0.3 is 0 Å². The molecule has 2 atom stereocenters. The quantitative estimate of drug-likeness (QED) is 0.590. The summed E-state index contributed by atoms with van der Waals surface area (Å²) in [7, 11) is 0. The maximum Gasteiger partial charge on any atom is 0.254 e. The minimum Gasteiger partial charge on any atom is -0.322 e. The summed E-state index contributed by atoms with van der Waals surface area (Å²) in [6.07, 6.45) is 0. The molecule has 1 aliphatic rings. The van der Waals surface area contributed by atoms with Crippen LogP contribution in [0.5, 0.6) is 0 Å². The van der Waals surface area contributed by atoms with Gasteiger partial charge in [-0.1, -0.05) is 66.7 Å². The number of rotatable bonds is 5. The van der Waals surface area contributed by atoms with Crippen LogP contribution in [0.3, 0.4) is 0 Å². The third-order valence-corrected chi connectivity index (χ3v) is 5.74. The van der Waals surface area contributed by atoms with E-state index in [2.05, 4.69) is 5.32 Å². The van der Waals surface area contributed by atoms with Crippen molar-refractivity contribution in [2.24, 2.45) is 5.92 Å². The van der Waals surface area contributed by atoms with Crippen molar-refractivity contribution >= 4 is 29.0 Å². The van der Waals surface area contributed by atoms with Crippen LogP contribution in [0, 0.1) is 5.92 Å². The molecule has 3 aromatic carbocycles. The number of nitrogens with one attached hydrogen (secondary N) is 1. The van der Waals surface area contributed by atoms with Crippen LogP contribution < -0.4 is 10.2 Å². The molecule has 3 aromatic rings. The van der Waals surface area contributed by atoms with E-state index in [1.165, 1.54) is 11.8 Å². The Hall–Kier alpha value is -3.99. The Morgan fingerprint density at radius 3 is 1.91 bits per heavy atom. The largest absolute Gasteiger partial charge is 0.322 e. The number of carbonyl (C=O) groups excluding carboxylic acids is 3. The normalized spacial score (nSPS) is 18.4. The predicted octanol–water partition coefficient (Wildman–Crippen LogP) is 4.93. The Kier molecular flexibility index (Phi) is 5.99. The summed E-state index contributed by atoms with van der Waals surface area (Å²) in [5.41, 5.74) is 2.95. The summed E-state index contributed by atoms with van der Waals surface area (Å²) in [6, 6.07) is 27.5. The summed E-state index contributed by atoms with van der Waals surface area (Å²) < 4.78 is 0. The van der Waals surface area contributed by atoms with Gasteiger partial charge in [0.15, 0.2) is 0 Å². The third kappa shape index (κ3) is 3.97. The zero-order chi connectivity index (χ0) is 22.7. The second kappa shape index (κ2) is 9.02. The van der Waals surface area contributed by atoms with Crippen LogP contribution in [0.1, 0.15) is 25.3 Å². The number of carbonyl (C=O) groups is 3. The summed E-state index contributed by atoms with van der Waals surface area (Å²) >= 11 is 0. The number of ketones is 1. The molecule has 32 heavy (non-hydrogen) atoms. The lowest BCUT2D eigenvalue weighted by Crippen LogP contribution is -2.48. The van der Waals surface area contributed by atoms with Crippen LogP contribution in [0.15, 0.2) is 102 Å². The molecule has 0 bridgehead atoms. The first-order valence-electron chi connectivity index (χ1n) is 10.5. The Balaban J connectivity index is 1.91. The molecule has 5 heteroatoms. The van der Waals surface area contributed by atoms with E-state index in [-0.39, 0.29) is 17.6 Å². The van der Waals surface area contributed by atoms with Gasteiger partial charge in [0.05, 0.1) is 0 Å². The van der Waals surface area contributed by atoms with Gasteiger partial charge in [0.1, 0.15) is 11.7 Å². The molecular formula is C27H24N2O3. The monoisotopic (exact) mass is 424 g/mol. The molecule has 0 aromatic heterocycles. The second-order valence-corrected chi connectivity index (χ2v) is 7.81. The Bertz CT molecular complexity index is 1170. The maximum atomic E-state index is 13.6. The van der Waals surface area contributed by atoms with E-state index in [1.54, 1.807) is 31.2 Å². The highest BCUT2D eigenvalue weighted by Crippen LogP contribution is 2.42. The molecule has 4 rings (SSSR count). The lowest BCUT2D eigenvalue weighted by atomic mass is 9.74. The van der Waals surface area contributed by atoms with Crippen LogP contribution in [0.4, 0.5) is 11.4 Å². The summed E-state index contributed by atoms with van der Waals surface area (Å²) in [5.74, 6) is -2.61. The first-order chi connectivity index (χ1) is 15.5. The molecule has 1 aliphatic heterocycles. The molecule has 0 saturated heterocycles. The lowest BCUT2D eigenvalue weighted by molar-refractivity contribution is -0.132. The zero-order valence-electron chi connectivity index (χ0n) is 18.0. The van der Waals surface area contributed by atoms with E-state index in [4.69, 9.17) is 0 Å². The summed E-state index contributed by atoms with van der Waals surface area (Å²) in [5, 5.41) is 2.94. The van der Waals surface area contributed by atoms with E-state index in [0.29, 0.717) is 22.6 Å². The van der Waals surface area contributed by atoms with Crippen molar-refractivity contribution < 1.29 is 14.4 Å². The minimum atomic E-state index is -1.00. The van der Waals surface area contributed by atoms with E-state index in [9.17, 15) is 14.4 Å². The number of allylic oxidation sites excluding steroid dienone is 1. The minimum absolute atomic E-state index is 0.276. The van der Waals surface area contributed by atoms with Gasteiger partial charge in [-0.3, -0.25) is 19.3 Å². The number of hydrogen-bond donors (Lipinski definition) is 1. The molecular weight excluding hydrogens is 400 g/mol. The molecule has 0 saturated carbocycles. The maximum absolute atomic E-state index is 13.6. The van der Waals surface area contributed by atoms with E-state index >= 15 is 0 Å². The summed E-state index contributed by atoms with van der Waals surface area (Å²) in [6.45, 7) is 3.17. The van der Waals surface area contributed by atoms with E-state index in [1.807, 2.05) is 66.7 Å². The van der Waals surface area contributed by atoms with E-state index < -0.39 is 11.8 Å². The van der Waals surface area contributed by atoms with Crippen molar-refractivity contribution in [1.82, 2.24) is 0 Å². The molecule has 160 valence electrons. The number of anilines is 2. The van der Waals surface area contributed by atoms with Crippen molar-refractivity contribution in [3.05, 3.63) is 108 Å². The standard InChI is InChI=1S/C27H24N2O3/c1-18-23(26(31)28-21-14-8-4-9-15-21)25(20-12-6-3-7-13-20)24(19(2)30)27(32)29(18)22-16-10-5-11-17-22/h3-17,24-25H,1-2H3,(H,28,31)/t24-,25+/m1/s1. The Labute approximate surface area is 187 Å². The first-order valence-corrected chi connectivity index (χ1v) is 10.5. The Morgan fingerprint density at radius 1 is 0.812 bits per heavy atom. The molecule has 0 fully saturated rings. The third-order valence-electron chi connectivity index (χ3n) is 5.74. The zero-order valence-corrected chi connectivity index (χ0v) is 18.0. The fraction of sp³-hybridized carbons (Fsp3) is 0.148. The van der Waals surface area contributed by atoms with Crippen LogP contribution >= 0.6 is 0 Å². The van der Waals surface area contributed by atoms with Crippen molar-refractivity contribution in [3.63, 3.8) is 0 Å². The lowest BCUT2D eigenvalue weighted by Gasteiger charge is -2.39. The second-order valence-electron chi connectivity index (χ2n) is 7.81. The van der Waals surface area contributed by atoms with Gasteiger partial charge in [0.25, 0.3) is 5.91 Å². The van der Waals surface area contributed by atoms with Crippen molar-refractivity contribution in [1.29, 1.82) is 0 Å². The van der Waals surface area contributed by atoms with Crippen molar-refractivity contribution in [2.45, 2.75) is 19.8 Å². The number of para-hydroxylation sites is 2. The van der Waals surface area contributed by atoms with Crippen LogP contribution in [0.25, 0.3) is 0 Å². The highest BCUT2D eigenvalue weighted by molar-refractivity contribution is 6.16. The smallest absolute Gasteiger partial charge is 0.254 e. The molecule has 0 radical (unpaired) electrons. The van der Waals surface area contributed by atoms with E-state index in [0.717, 1.165) is 5.56 Å². The summed E-state index contributed by atoms with van der Waals surface area (Å²) in [4.78, 5) is 41.5. The Morgan fingerprint density at radius 2 is 1.34 bits per heavy atom. The van der Waals surface area contributed by atoms with Gasteiger partial charge in [0.2, 0.25) is 5.91 Å². The number of hydrogen-bond acceptors (Lipinski definition) is 3. The SMILES string of the molecule is CC(=O)[C@H]1C(=O)N(c2ccccc2)C(C)=C(C(=O)Nc2ccccc2)[C@@H]1c1ccccc1. The average molecular weight is 425 g/mol. The van der Waals surface area contributed by atoms with Crippen LogP contribution in [-0.2, 0) is 14.4 Å². The fourth-order valence-corrected chi connectivity index (χ4v) is 4.31. The predicted molar refractivity (Wildman–Crippen MR) is 125 cm³/mol. The number of nitrogens with zero attached hydrogens (tertiary/aromatic N) is 1. The van der Waals surface area contributed by atoms with Gasteiger partial charge < -0.3 is 5.32 Å². The van der Waals surface area contributed by atoms with Crippen molar-refractivity contribution in [2.75, 3.05) is 10.2 Å². The molecule has 0 unspecified atom stereocenters. The topological polar surface area (TPSA) is 66.5 Å². The van der Waals surface area contributed by atoms with Crippen LogP contribution in [-0.4, -0.2) is 17.6 Å². The van der Waals surface area contributed by atoms with Gasteiger partial charge in [-0.15, -0.1) is 0 Å². The fourth-order valence-electron chi connectivity index (χ4n) is 4.31. The molecule has 1 N–H and O–H groups in total. The molecule has 5 nitrogen and oxygen atoms in total. The average Bonchev–Trinajstić information content (AvgIpc) is 2.80. The van der Waals surface area contributed by atoms with Gasteiger partial charge in [-0.05, 0) is 43.7 Å². The van der Waals surface area contributed by atoms with Gasteiger partial charge in [-0.25, -0.2) is 0 Å². The molecule has 1 heterocycles. The van der Waals surface area contributed by atoms with Crippen molar-refractivity contribution in [3.8, 4) is 0 Å². The molecule has 0 spiro atoms. The number of Topliss-reactive ketones (excluding diaryl/α,β-unsaturated/α-hetero) is 1. The molecule has 2 amide bonds. The van der Waals surface area contributed by atoms with Gasteiger partial charge in [0, 0.05) is 28.6 Å². The van der Waals surface area contributed by atoms with Gasteiger partial charge in [-0.2, -0.15) is 0 Å². The highest BCUT2D eigenvalue weighted by atomic mass is 16.2. The number of benzene rings is 3. The number of amides is 2. The van der Waals surface area contributed by atoms with Crippen LogP contribution in [0.2, 0.25) is 0 Å². The first kappa shape index (κ1) is 21.2.